The molecule has 0 aromatic heterocycles. The van der Waals surface area contributed by atoms with Crippen molar-refractivity contribution in [3.8, 4) is 0 Å². The summed E-state index contributed by atoms with van der Waals surface area (Å²) >= 11 is 0. The van der Waals surface area contributed by atoms with Crippen LogP contribution >= 0.6 is 0 Å². The summed E-state index contributed by atoms with van der Waals surface area (Å²) in [6.07, 6.45) is 9.12. The maximum atomic E-state index is 12.3. The van der Waals surface area contributed by atoms with E-state index < -0.39 is 0 Å². The van der Waals surface area contributed by atoms with Gasteiger partial charge in [0.1, 0.15) is 0 Å². The van der Waals surface area contributed by atoms with Crippen LogP contribution in [0.1, 0.15) is 39.5 Å². The first-order chi connectivity index (χ1) is 8.15. The standard InChI is InChI=1S/C14H22N2O/c1-9(2)16-6-5-13(14(16)17)10-7-11-3-4-12(8-10)15-11/h5-6,9-13,15H,3-4,7-8H2,1-2H3. The van der Waals surface area contributed by atoms with Gasteiger partial charge in [-0.3, -0.25) is 4.79 Å². The van der Waals surface area contributed by atoms with Gasteiger partial charge in [-0.05, 0) is 45.4 Å². The van der Waals surface area contributed by atoms with Crippen molar-refractivity contribution in [2.75, 3.05) is 0 Å². The molecule has 3 aliphatic heterocycles. The highest BCUT2D eigenvalue weighted by Gasteiger charge is 2.41. The van der Waals surface area contributed by atoms with Crippen molar-refractivity contribution < 1.29 is 4.79 Å². The first kappa shape index (κ1) is 11.3. The van der Waals surface area contributed by atoms with Crippen molar-refractivity contribution in [2.45, 2.75) is 57.7 Å². The van der Waals surface area contributed by atoms with E-state index in [1.807, 2.05) is 11.1 Å². The van der Waals surface area contributed by atoms with Gasteiger partial charge in [0.15, 0.2) is 0 Å². The number of carbonyl (C=O) groups excluding carboxylic acids is 1. The van der Waals surface area contributed by atoms with Crippen LogP contribution in [0, 0.1) is 11.8 Å². The second-order valence-corrected chi connectivity index (χ2v) is 6.08. The third-order valence-electron chi connectivity index (χ3n) is 4.57. The number of rotatable bonds is 2. The van der Waals surface area contributed by atoms with Crippen LogP contribution < -0.4 is 5.32 Å². The number of amides is 1. The first-order valence-corrected chi connectivity index (χ1v) is 6.91. The average molecular weight is 234 g/mol. The van der Waals surface area contributed by atoms with Gasteiger partial charge < -0.3 is 10.2 Å². The fourth-order valence-electron chi connectivity index (χ4n) is 3.69. The molecule has 3 nitrogen and oxygen atoms in total. The molecule has 3 atom stereocenters. The Bertz CT molecular complexity index is 338. The largest absolute Gasteiger partial charge is 0.316 e. The lowest BCUT2D eigenvalue weighted by Crippen LogP contribution is -2.43. The van der Waals surface area contributed by atoms with Gasteiger partial charge in [-0.1, -0.05) is 6.08 Å². The zero-order valence-electron chi connectivity index (χ0n) is 10.7. The van der Waals surface area contributed by atoms with Gasteiger partial charge in [0.25, 0.3) is 0 Å². The summed E-state index contributed by atoms with van der Waals surface area (Å²) in [5, 5.41) is 3.64. The molecule has 0 aromatic carbocycles. The molecular formula is C14H22N2O. The molecule has 0 radical (unpaired) electrons. The van der Waals surface area contributed by atoms with Crippen LogP contribution in [0.3, 0.4) is 0 Å². The highest BCUT2D eigenvalue weighted by atomic mass is 16.2. The lowest BCUT2D eigenvalue weighted by Gasteiger charge is -2.32. The van der Waals surface area contributed by atoms with E-state index in [1.54, 1.807) is 0 Å². The lowest BCUT2D eigenvalue weighted by molar-refractivity contribution is -0.132. The molecule has 3 rings (SSSR count). The van der Waals surface area contributed by atoms with E-state index in [4.69, 9.17) is 0 Å². The van der Waals surface area contributed by atoms with Crippen LogP contribution in [-0.4, -0.2) is 28.9 Å². The first-order valence-electron chi connectivity index (χ1n) is 6.91. The maximum absolute atomic E-state index is 12.3. The zero-order chi connectivity index (χ0) is 12.0. The van der Waals surface area contributed by atoms with E-state index >= 15 is 0 Å². The van der Waals surface area contributed by atoms with Crippen LogP contribution in [0.15, 0.2) is 12.3 Å². The minimum atomic E-state index is 0.155. The predicted molar refractivity (Wildman–Crippen MR) is 67.3 cm³/mol. The number of piperidine rings is 1. The van der Waals surface area contributed by atoms with Gasteiger partial charge in [-0.2, -0.15) is 0 Å². The van der Waals surface area contributed by atoms with E-state index in [0.717, 1.165) is 0 Å². The zero-order valence-corrected chi connectivity index (χ0v) is 10.7. The summed E-state index contributed by atoms with van der Waals surface area (Å²) in [7, 11) is 0. The Labute approximate surface area is 103 Å². The van der Waals surface area contributed by atoms with Gasteiger partial charge in [0.2, 0.25) is 5.91 Å². The van der Waals surface area contributed by atoms with Crippen molar-refractivity contribution in [3.63, 3.8) is 0 Å². The normalized spacial score (nSPS) is 40.6. The van der Waals surface area contributed by atoms with Crippen LogP contribution in [0.2, 0.25) is 0 Å². The maximum Gasteiger partial charge on any atom is 0.234 e. The summed E-state index contributed by atoms with van der Waals surface area (Å²) in [5.41, 5.74) is 0. The molecule has 2 fully saturated rings. The van der Waals surface area contributed by atoms with Crippen molar-refractivity contribution >= 4 is 5.91 Å². The molecule has 2 bridgehead atoms. The summed E-state index contributed by atoms with van der Waals surface area (Å²) < 4.78 is 0. The average Bonchev–Trinajstić information content (AvgIpc) is 2.82. The Kier molecular flexibility index (Phi) is 2.74. The van der Waals surface area contributed by atoms with Crippen LogP contribution in [0.25, 0.3) is 0 Å². The molecule has 1 amide bonds. The fraction of sp³-hybridized carbons (Fsp3) is 0.786. The number of hydrogen-bond donors (Lipinski definition) is 1. The van der Waals surface area contributed by atoms with E-state index in [0.29, 0.717) is 30.0 Å². The quantitative estimate of drug-likeness (QED) is 0.791. The lowest BCUT2D eigenvalue weighted by atomic mass is 9.82. The number of fused-ring (bicyclic) bond motifs is 2. The molecular weight excluding hydrogens is 212 g/mol. The highest BCUT2D eigenvalue weighted by Crippen LogP contribution is 2.38. The minimum absolute atomic E-state index is 0.155. The van der Waals surface area contributed by atoms with E-state index in [1.165, 1.54) is 25.7 Å². The monoisotopic (exact) mass is 234 g/mol. The Morgan fingerprint density at radius 1 is 1.29 bits per heavy atom. The molecule has 1 N–H and O–H groups in total. The number of hydrogen-bond acceptors (Lipinski definition) is 2. The number of nitrogens with one attached hydrogen (secondary N) is 1. The molecule has 0 saturated carbocycles. The Balaban J connectivity index is 1.70. The summed E-state index contributed by atoms with van der Waals surface area (Å²) in [5.74, 6) is 1.05. The smallest absolute Gasteiger partial charge is 0.234 e. The number of nitrogens with zero attached hydrogens (tertiary/aromatic N) is 1. The fourth-order valence-corrected chi connectivity index (χ4v) is 3.69. The summed E-state index contributed by atoms with van der Waals surface area (Å²) in [4.78, 5) is 14.2. The molecule has 2 saturated heterocycles. The predicted octanol–water partition coefficient (Wildman–Crippen LogP) is 1.90. The van der Waals surface area contributed by atoms with Crippen molar-refractivity contribution in [3.05, 3.63) is 12.3 Å². The molecule has 0 aromatic rings. The van der Waals surface area contributed by atoms with Gasteiger partial charge in [-0.15, -0.1) is 0 Å². The molecule has 0 aliphatic carbocycles. The van der Waals surface area contributed by atoms with Crippen LogP contribution in [0.4, 0.5) is 0 Å². The minimum Gasteiger partial charge on any atom is -0.316 e. The van der Waals surface area contributed by atoms with Gasteiger partial charge >= 0.3 is 0 Å². The van der Waals surface area contributed by atoms with Gasteiger partial charge in [0, 0.05) is 24.3 Å². The van der Waals surface area contributed by atoms with Gasteiger partial charge in [-0.25, -0.2) is 0 Å². The topological polar surface area (TPSA) is 32.3 Å². The Morgan fingerprint density at radius 2 is 1.94 bits per heavy atom. The Hall–Kier alpha value is -0.830. The van der Waals surface area contributed by atoms with E-state index in [2.05, 4.69) is 25.2 Å². The van der Waals surface area contributed by atoms with Crippen LogP contribution in [-0.2, 0) is 4.79 Å². The molecule has 94 valence electrons. The molecule has 3 heterocycles. The molecule has 0 spiro atoms. The SMILES string of the molecule is CC(C)N1C=CC(C2CC3CCC(C2)N3)C1=O. The van der Waals surface area contributed by atoms with Crippen molar-refractivity contribution in [1.29, 1.82) is 0 Å². The second-order valence-electron chi connectivity index (χ2n) is 6.08. The van der Waals surface area contributed by atoms with E-state index in [-0.39, 0.29) is 5.92 Å². The second kappa shape index (κ2) is 4.13. The molecule has 3 heteroatoms. The summed E-state index contributed by atoms with van der Waals surface area (Å²) in [6, 6.07) is 1.64. The number of carbonyl (C=O) groups is 1. The van der Waals surface area contributed by atoms with Crippen molar-refractivity contribution in [2.24, 2.45) is 11.8 Å². The molecule has 17 heavy (non-hydrogen) atoms. The Morgan fingerprint density at radius 3 is 2.47 bits per heavy atom. The van der Waals surface area contributed by atoms with E-state index in [9.17, 15) is 4.79 Å². The van der Waals surface area contributed by atoms with Crippen molar-refractivity contribution in [1.82, 2.24) is 10.2 Å². The molecule has 3 unspecified atom stereocenters. The van der Waals surface area contributed by atoms with Crippen LogP contribution in [0.5, 0.6) is 0 Å². The summed E-state index contributed by atoms with van der Waals surface area (Å²) in [6.45, 7) is 4.16. The third-order valence-corrected chi connectivity index (χ3v) is 4.57. The van der Waals surface area contributed by atoms with Gasteiger partial charge in [0.05, 0.1) is 5.92 Å². The third kappa shape index (κ3) is 1.90. The highest BCUT2D eigenvalue weighted by molar-refractivity contribution is 5.84. The molecule has 3 aliphatic rings.